The molecule has 2 aliphatic rings. The maximum absolute atomic E-state index is 10.2. The standard InChI is InChI=1S/C16H32N2O/c1-14(2)9-13(10-15(3,4)17-14)18-8-7-12(11-18)16(5,6)19/h12-13,17,19H,7-11H2,1-6H3. The predicted octanol–water partition coefficient (Wildman–Crippen LogP) is 2.39. The Bertz CT molecular complexity index is 314. The lowest BCUT2D eigenvalue weighted by molar-refractivity contribution is 0.0138. The molecule has 1 unspecified atom stereocenters. The molecular weight excluding hydrogens is 236 g/mol. The fourth-order valence-corrected chi connectivity index (χ4v) is 4.22. The maximum atomic E-state index is 10.2. The lowest BCUT2D eigenvalue weighted by Crippen LogP contribution is -2.62. The van der Waals surface area contributed by atoms with E-state index < -0.39 is 5.60 Å². The lowest BCUT2D eigenvalue weighted by atomic mass is 9.79. The zero-order chi connectivity index (χ0) is 14.5. The topological polar surface area (TPSA) is 35.5 Å². The van der Waals surface area contributed by atoms with Gasteiger partial charge in [-0.15, -0.1) is 0 Å². The van der Waals surface area contributed by atoms with Crippen LogP contribution in [0.15, 0.2) is 0 Å². The molecule has 1 atom stereocenters. The minimum absolute atomic E-state index is 0.208. The Morgan fingerprint density at radius 3 is 2.05 bits per heavy atom. The molecule has 0 bridgehead atoms. The van der Waals surface area contributed by atoms with E-state index in [4.69, 9.17) is 0 Å². The summed E-state index contributed by atoms with van der Waals surface area (Å²) in [4.78, 5) is 2.62. The van der Waals surface area contributed by atoms with Gasteiger partial charge in [-0.25, -0.2) is 0 Å². The van der Waals surface area contributed by atoms with Crippen molar-refractivity contribution in [2.45, 2.75) is 83.5 Å². The van der Waals surface area contributed by atoms with Gasteiger partial charge in [0, 0.05) is 29.6 Å². The van der Waals surface area contributed by atoms with Crippen LogP contribution >= 0.6 is 0 Å². The van der Waals surface area contributed by atoms with Crippen LogP contribution in [0.2, 0.25) is 0 Å². The van der Waals surface area contributed by atoms with Gasteiger partial charge >= 0.3 is 0 Å². The number of aliphatic hydroxyl groups is 1. The van der Waals surface area contributed by atoms with Crippen LogP contribution in [0.5, 0.6) is 0 Å². The second-order valence-electron chi connectivity index (χ2n) is 8.59. The maximum Gasteiger partial charge on any atom is 0.0632 e. The Kier molecular flexibility index (Phi) is 3.79. The van der Waals surface area contributed by atoms with Crippen LogP contribution in [0.4, 0.5) is 0 Å². The molecule has 0 aromatic heterocycles. The summed E-state index contributed by atoms with van der Waals surface area (Å²) in [6.07, 6.45) is 3.54. The van der Waals surface area contributed by atoms with Gasteiger partial charge in [0.05, 0.1) is 5.60 Å². The molecule has 2 rings (SSSR count). The molecule has 2 saturated heterocycles. The zero-order valence-corrected chi connectivity index (χ0v) is 13.6. The fourth-order valence-electron chi connectivity index (χ4n) is 4.22. The van der Waals surface area contributed by atoms with Crippen molar-refractivity contribution in [3.8, 4) is 0 Å². The van der Waals surface area contributed by atoms with Crippen LogP contribution in [0.3, 0.4) is 0 Å². The van der Waals surface area contributed by atoms with Crippen LogP contribution < -0.4 is 5.32 Å². The van der Waals surface area contributed by atoms with E-state index in [0.717, 1.165) is 19.5 Å². The van der Waals surface area contributed by atoms with Crippen molar-refractivity contribution in [3.05, 3.63) is 0 Å². The summed E-state index contributed by atoms with van der Waals surface area (Å²) in [6.45, 7) is 15.4. The van der Waals surface area contributed by atoms with Crippen LogP contribution in [0, 0.1) is 5.92 Å². The first-order valence-electron chi connectivity index (χ1n) is 7.74. The van der Waals surface area contributed by atoms with Gasteiger partial charge in [-0.2, -0.15) is 0 Å². The molecule has 3 heteroatoms. The van der Waals surface area contributed by atoms with Crippen molar-refractivity contribution >= 4 is 0 Å². The first-order valence-corrected chi connectivity index (χ1v) is 7.74. The first-order chi connectivity index (χ1) is 8.49. The summed E-state index contributed by atoms with van der Waals surface area (Å²) in [6, 6.07) is 0.651. The second kappa shape index (κ2) is 4.71. The van der Waals surface area contributed by atoms with E-state index in [9.17, 15) is 5.11 Å². The van der Waals surface area contributed by atoms with Gasteiger partial charge < -0.3 is 10.4 Å². The van der Waals surface area contributed by atoms with E-state index >= 15 is 0 Å². The Balaban J connectivity index is 2.03. The Labute approximate surface area is 118 Å². The summed E-state index contributed by atoms with van der Waals surface area (Å²) >= 11 is 0. The molecule has 0 radical (unpaired) electrons. The minimum atomic E-state index is -0.535. The van der Waals surface area contributed by atoms with Gasteiger partial charge in [-0.1, -0.05) is 0 Å². The van der Waals surface area contributed by atoms with E-state index in [1.165, 1.54) is 12.8 Å². The van der Waals surface area contributed by atoms with Gasteiger partial charge in [-0.3, -0.25) is 4.90 Å². The monoisotopic (exact) mass is 268 g/mol. The van der Waals surface area contributed by atoms with Crippen molar-refractivity contribution in [3.63, 3.8) is 0 Å². The molecule has 0 aromatic rings. The molecule has 0 saturated carbocycles. The highest BCUT2D eigenvalue weighted by molar-refractivity contribution is 5.02. The second-order valence-corrected chi connectivity index (χ2v) is 8.59. The number of hydrogen-bond acceptors (Lipinski definition) is 3. The van der Waals surface area contributed by atoms with E-state index in [-0.39, 0.29) is 11.1 Å². The minimum Gasteiger partial charge on any atom is -0.390 e. The number of nitrogens with one attached hydrogen (secondary N) is 1. The predicted molar refractivity (Wildman–Crippen MR) is 80.3 cm³/mol. The highest BCUT2D eigenvalue weighted by atomic mass is 16.3. The van der Waals surface area contributed by atoms with Gasteiger partial charge in [0.15, 0.2) is 0 Å². The van der Waals surface area contributed by atoms with Crippen LogP contribution in [0.25, 0.3) is 0 Å². The summed E-state index contributed by atoms with van der Waals surface area (Å²) in [5.74, 6) is 0.425. The number of nitrogens with zero attached hydrogens (tertiary/aromatic N) is 1. The van der Waals surface area contributed by atoms with Crippen LogP contribution in [0.1, 0.15) is 60.8 Å². The molecule has 0 spiro atoms. The highest BCUT2D eigenvalue weighted by Crippen LogP contribution is 2.36. The first kappa shape index (κ1) is 15.3. The zero-order valence-electron chi connectivity index (χ0n) is 13.6. The number of likely N-dealkylation sites (tertiary alicyclic amines) is 1. The molecule has 19 heavy (non-hydrogen) atoms. The molecule has 0 aliphatic carbocycles. The third-order valence-electron chi connectivity index (χ3n) is 4.90. The van der Waals surface area contributed by atoms with Gasteiger partial charge in [0.1, 0.15) is 0 Å². The number of hydrogen-bond donors (Lipinski definition) is 2. The third-order valence-corrected chi connectivity index (χ3v) is 4.90. The Hall–Kier alpha value is -0.120. The van der Waals surface area contributed by atoms with Gasteiger partial charge in [0.25, 0.3) is 0 Å². The van der Waals surface area contributed by atoms with E-state index in [0.29, 0.717) is 12.0 Å². The van der Waals surface area contributed by atoms with E-state index in [1.807, 2.05) is 13.8 Å². The van der Waals surface area contributed by atoms with Crippen LogP contribution in [-0.2, 0) is 0 Å². The number of rotatable bonds is 2. The molecule has 112 valence electrons. The molecular formula is C16H32N2O. The lowest BCUT2D eigenvalue weighted by Gasteiger charge is -2.49. The van der Waals surface area contributed by atoms with Gasteiger partial charge in [-0.05, 0) is 67.3 Å². The largest absolute Gasteiger partial charge is 0.390 e. The molecule has 3 nitrogen and oxygen atoms in total. The quantitative estimate of drug-likeness (QED) is 0.807. The van der Waals surface area contributed by atoms with Crippen molar-refractivity contribution in [2.24, 2.45) is 5.92 Å². The summed E-state index contributed by atoms with van der Waals surface area (Å²) in [5, 5.41) is 14.0. The summed E-state index contributed by atoms with van der Waals surface area (Å²) in [5.41, 5.74) is -0.120. The van der Waals surface area contributed by atoms with Crippen molar-refractivity contribution in [2.75, 3.05) is 13.1 Å². The third kappa shape index (κ3) is 3.71. The summed E-state index contributed by atoms with van der Waals surface area (Å²) in [7, 11) is 0. The van der Waals surface area contributed by atoms with Gasteiger partial charge in [0.2, 0.25) is 0 Å². The van der Waals surface area contributed by atoms with E-state index in [2.05, 4.69) is 37.9 Å². The smallest absolute Gasteiger partial charge is 0.0632 e. The van der Waals surface area contributed by atoms with Crippen molar-refractivity contribution in [1.29, 1.82) is 0 Å². The van der Waals surface area contributed by atoms with Crippen molar-refractivity contribution < 1.29 is 5.11 Å². The average molecular weight is 268 g/mol. The fraction of sp³-hybridized carbons (Fsp3) is 1.00. The molecule has 2 N–H and O–H groups in total. The van der Waals surface area contributed by atoms with Crippen LogP contribution in [-0.4, -0.2) is 45.8 Å². The number of piperidine rings is 1. The Morgan fingerprint density at radius 1 is 1.11 bits per heavy atom. The van der Waals surface area contributed by atoms with E-state index in [1.54, 1.807) is 0 Å². The Morgan fingerprint density at radius 2 is 1.63 bits per heavy atom. The molecule has 2 heterocycles. The summed E-state index contributed by atoms with van der Waals surface area (Å²) < 4.78 is 0. The molecule has 2 fully saturated rings. The molecule has 2 aliphatic heterocycles. The SMILES string of the molecule is CC1(C)CC(N2CCC(C(C)(C)O)C2)CC(C)(C)N1. The normalized spacial score (nSPS) is 32.7. The van der Waals surface area contributed by atoms with Crippen molar-refractivity contribution in [1.82, 2.24) is 10.2 Å². The highest BCUT2D eigenvalue weighted by Gasteiger charge is 2.43. The average Bonchev–Trinajstić information content (AvgIpc) is 2.59. The molecule has 0 amide bonds. The molecule has 0 aromatic carbocycles.